The predicted molar refractivity (Wildman–Crippen MR) is 100 cm³/mol. The van der Waals surface area contributed by atoms with Crippen LogP contribution in [0.3, 0.4) is 0 Å². The molecular weight excluding hydrogens is 336 g/mol. The minimum Gasteiger partial charge on any atom is -0.396 e. The second-order valence-electron chi connectivity index (χ2n) is 6.43. The fourth-order valence-electron chi connectivity index (χ4n) is 3.72. The van der Waals surface area contributed by atoms with Crippen LogP contribution in [-0.4, -0.2) is 38.9 Å². The van der Waals surface area contributed by atoms with Crippen LogP contribution >= 0.6 is 11.6 Å². The van der Waals surface area contributed by atoms with E-state index in [2.05, 4.69) is 15.0 Å². The Morgan fingerprint density at radius 3 is 2.88 bits per heavy atom. The number of anilines is 1. The molecule has 2 aromatic heterocycles. The number of rotatable bonds is 4. The highest BCUT2D eigenvalue weighted by Gasteiger charge is 2.25. The lowest BCUT2D eigenvalue weighted by molar-refractivity contribution is 0.262. The first-order valence-electron chi connectivity index (χ1n) is 8.74. The zero-order chi connectivity index (χ0) is 17.2. The molecule has 1 saturated heterocycles. The van der Waals surface area contributed by atoms with Gasteiger partial charge in [0, 0.05) is 41.5 Å². The maximum atomic E-state index is 9.40. The molecule has 1 aliphatic rings. The Labute approximate surface area is 151 Å². The van der Waals surface area contributed by atoms with Crippen LogP contribution < -0.4 is 4.90 Å². The van der Waals surface area contributed by atoms with Gasteiger partial charge in [0.15, 0.2) is 5.65 Å². The first-order chi connectivity index (χ1) is 12.3. The van der Waals surface area contributed by atoms with E-state index in [1.165, 1.54) is 6.42 Å². The number of aliphatic hydroxyl groups excluding tert-OH is 1. The molecule has 0 aliphatic carbocycles. The molecule has 1 aliphatic heterocycles. The van der Waals surface area contributed by atoms with Crippen molar-refractivity contribution in [2.75, 3.05) is 18.1 Å². The van der Waals surface area contributed by atoms with Gasteiger partial charge < -0.3 is 10.0 Å². The van der Waals surface area contributed by atoms with Crippen LogP contribution in [0.4, 0.5) is 5.82 Å². The van der Waals surface area contributed by atoms with Gasteiger partial charge in [-0.3, -0.25) is 0 Å². The van der Waals surface area contributed by atoms with Gasteiger partial charge in [-0.1, -0.05) is 29.8 Å². The third-order valence-electron chi connectivity index (χ3n) is 4.93. The van der Waals surface area contributed by atoms with Gasteiger partial charge in [0.25, 0.3) is 0 Å². The average Bonchev–Trinajstić information content (AvgIpc) is 3.07. The summed E-state index contributed by atoms with van der Waals surface area (Å²) in [7, 11) is 0. The molecular formula is C19H21ClN4O. The zero-order valence-electron chi connectivity index (χ0n) is 14.0. The zero-order valence-corrected chi connectivity index (χ0v) is 14.7. The number of hydrogen-bond donors (Lipinski definition) is 1. The number of aromatic nitrogens is 3. The number of benzene rings is 1. The minimum atomic E-state index is 0.208. The summed E-state index contributed by atoms with van der Waals surface area (Å²) in [6.45, 7) is 1.18. The van der Waals surface area contributed by atoms with Gasteiger partial charge in [-0.15, -0.1) is 0 Å². The monoisotopic (exact) mass is 356 g/mol. The summed E-state index contributed by atoms with van der Waals surface area (Å²) in [6.07, 6.45) is 7.91. The second-order valence-corrected chi connectivity index (χ2v) is 6.84. The van der Waals surface area contributed by atoms with Gasteiger partial charge >= 0.3 is 0 Å². The summed E-state index contributed by atoms with van der Waals surface area (Å²) in [4.78, 5) is 6.91. The molecule has 1 N–H and O–H groups in total. The van der Waals surface area contributed by atoms with Crippen molar-refractivity contribution in [3.8, 4) is 11.1 Å². The molecule has 1 fully saturated rings. The summed E-state index contributed by atoms with van der Waals surface area (Å²) in [5.74, 6) is 1.03. The van der Waals surface area contributed by atoms with Crippen molar-refractivity contribution in [1.29, 1.82) is 0 Å². The van der Waals surface area contributed by atoms with Gasteiger partial charge in [-0.05, 0) is 37.8 Å². The highest BCUT2D eigenvalue weighted by molar-refractivity contribution is 6.33. The van der Waals surface area contributed by atoms with E-state index in [0.717, 1.165) is 48.4 Å². The van der Waals surface area contributed by atoms with E-state index in [4.69, 9.17) is 11.6 Å². The van der Waals surface area contributed by atoms with Crippen LogP contribution in [0.25, 0.3) is 16.8 Å². The lowest BCUT2D eigenvalue weighted by atomic mass is 9.99. The smallest absolute Gasteiger partial charge is 0.165 e. The minimum absolute atomic E-state index is 0.208. The third-order valence-corrected chi connectivity index (χ3v) is 5.26. The van der Waals surface area contributed by atoms with Crippen molar-refractivity contribution >= 4 is 23.1 Å². The second kappa shape index (κ2) is 7.02. The van der Waals surface area contributed by atoms with Crippen molar-refractivity contribution in [3.63, 3.8) is 0 Å². The molecule has 3 aromatic rings. The molecule has 4 rings (SSSR count). The summed E-state index contributed by atoms with van der Waals surface area (Å²) in [5, 5.41) is 14.7. The number of fused-ring (bicyclic) bond motifs is 1. The molecule has 25 heavy (non-hydrogen) atoms. The van der Waals surface area contributed by atoms with E-state index in [1.807, 2.05) is 47.2 Å². The summed E-state index contributed by atoms with van der Waals surface area (Å²) in [6, 6.07) is 10.1. The molecule has 6 heteroatoms. The van der Waals surface area contributed by atoms with Crippen LogP contribution in [0.5, 0.6) is 0 Å². The lowest BCUT2D eigenvalue weighted by Crippen LogP contribution is -2.41. The normalized spacial score (nSPS) is 18.0. The molecule has 0 spiro atoms. The van der Waals surface area contributed by atoms with Crippen LogP contribution in [-0.2, 0) is 0 Å². The van der Waals surface area contributed by atoms with Crippen LogP contribution in [0.2, 0.25) is 5.02 Å². The fraction of sp³-hybridized carbons (Fsp3) is 0.368. The van der Waals surface area contributed by atoms with E-state index in [1.54, 1.807) is 0 Å². The van der Waals surface area contributed by atoms with E-state index in [0.29, 0.717) is 11.1 Å². The predicted octanol–water partition coefficient (Wildman–Crippen LogP) is 3.79. The van der Waals surface area contributed by atoms with Gasteiger partial charge in [-0.2, -0.15) is 9.61 Å². The largest absolute Gasteiger partial charge is 0.396 e. The average molecular weight is 357 g/mol. The van der Waals surface area contributed by atoms with Crippen molar-refractivity contribution in [1.82, 2.24) is 14.6 Å². The van der Waals surface area contributed by atoms with E-state index >= 15 is 0 Å². The van der Waals surface area contributed by atoms with Crippen molar-refractivity contribution in [2.24, 2.45) is 0 Å². The van der Waals surface area contributed by atoms with E-state index < -0.39 is 0 Å². The molecule has 5 nitrogen and oxygen atoms in total. The fourth-order valence-corrected chi connectivity index (χ4v) is 3.95. The first-order valence-corrected chi connectivity index (χ1v) is 9.12. The van der Waals surface area contributed by atoms with Crippen molar-refractivity contribution < 1.29 is 5.11 Å². The Morgan fingerprint density at radius 1 is 1.16 bits per heavy atom. The first kappa shape index (κ1) is 16.4. The SMILES string of the molecule is OCCC1CCCCN1c1ccnc2c(-c3ccccc3Cl)cnn12. The Bertz CT molecular complexity index is 877. The molecule has 130 valence electrons. The number of aliphatic hydroxyl groups is 1. The Balaban J connectivity index is 1.80. The molecule has 3 heterocycles. The Morgan fingerprint density at radius 2 is 2.04 bits per heavy atom. The Hall–Kier alpha value is -2.11. The summed E-state index contributed by atoms with van der Waals surface area (Å²) < 4.78 is 1.90. The molecule has 1 atom stereocenters. The number of halogens is 1. The van der Waals surface area contributed by atoms with E-state index in [-0.39, 0.29) is 6.61 Å². The van der Waals surface area contributed by atoms with E-state index in [9.17, 15) is 5.11 Å². The molecule has 1 unspecified atom stereocenters. The van der Waals surface area contributed by atoms with Crippen LogP contribution in [0.15, 0.2) is 42.7 Å². The van der Waals surface area contributed by atoms with Gasteiger partial charge in [0.05, 0.1) is 6.20 Å². The quantitative estimate of drug-likeness (QED) is 0.772. The molecule has 0 bridgehead atoms. The Kier molecular flexibility index (Phi) is 4.59. The summed E-state index contributed by atoms with van der Waals surface area (Å²) >= 11 is 6.37. The lowest BCUT2D eigenvalue weighted by Gasteiger charge is -2.37. The molecule has 0 amide bonds. The van der Waals surface area contributed by atoms with Crippen molar-refractivity contribution in [3.05, 3.63) is 47.7 Å². The van der Waals surface area contributed by atoms with Crippen molar-refractivity contribution in [2.45, 2.75) is 31.7 Å². The number of piperidine rings is 1. The highest BCUT2D eigenvalue weighted by atomic mass is 35.5. The highest BCUT2D eigenvalue weighted by Crippen LogP contribution is 2.32. The number of nitrogens with zero attached hydrogens (tertiary/aromatic N) is 4. The molecule has 0 radical (unpaired) electrons. The molecule has 0 saturated carbocycles. The van der Waals surface area contributed by atoms with Crippen LogP contribution in [0, 0.1) is 0 Å². The van der Waals surface area contributed by atoms with Crippen LogP contribution in [0.1, 0.15) is 25.7 Å². The maximum absolute atomic E-state index is 9.40. The molecule has 1 aromatic carbocycles. The summed E-state index contributed by atoms with van der Waals surface area (Å²) in [5.41, 5.74) is 2.68. The van der Waals surface area contributed by atoms with Gasteiger partial charge in [-0.25, -0.2) is 4.98 Å². The number of hydrogen-bond acceptors (Lipinski definition) is 4. The third kappa shape index (κ3) is 2.98. The van der Waals surface area contributed by atoms with Gasteiger partial charge in [0.2, 0.25) is 0 Å². The standard InChI is InChI=1S/C19H21ClN4O/c20-17-7-2-1-6-15(17)16-13-22-24-18(8-10-21-19(16)24)23-11-4-3-5-14(23)9-12-25/h1-2,6-8,10,13-14,25H,3-5,9,11-12H2. The van der Waals surface area contributed by atoms with Gasteiger partial charge in [0.1, 0.15) is 5.82 Å². The maximum Gasteiger partial charge on any atom is 0.165 e. The topological polar surface area (TPSA) is 53.7 Å².